The summed E-state index contributed by atoms with van der Waals surface area (Å²) in [6, 6.07) is 0. The van der Waals surface area contributed by atoms with Gasteiger partial charge in [-0.2, -0.15) is 0 Å². The first-order valence-corrected chi connectivity index (χ1v) is 8.75. The third-order valence-electron chi connectivity index (χ3n) is 3.31. The summed E-state index contributed by atoms with van der Waals surface area (Å²) in [5.74, 6) is 0.670. The quantitative estimate of drug-likeness (QED) is 0.194. The maximum atomic E-state index is 11.5. The average Bonchev–Trinajstić information content (AvgIpc) is 2.42. The Kier molecular flexibility index (Phi) is 14.4. The molecule has 0 aromatic carbocycles. The van der Waals surface area contributed by atoms with E-state index in [1.54, 1.807) is 0 Å². The summed E-state index contributed by atoms with van der Waals surface area (Å²) in [7, 11) is 0. The number of nitroso groups, excluding NO2 is 1. The zero-order chi connectivity index (χ0) is 15.1. The second-order valence-electron chi connectivity index (χ2n) is 5.35. The number of hydrogen-bond acceptors (Lipinski definition) is 5. The molecule has 0 spiro atoms. The molecule has 0 aromatic heterocycles. The molecule has 20 heavy (non-hydrogen) atoms. The molecular formula is C15H29NO3S. The molecule has 0 radical (unpaired) electrons. The maximum Gasteiger partial charge on any atom is 0.306 e. The summed E-state index contributed by atoms with van der Waals surface area (Å²) in [6.07, 6.45) is 10.7. The van der Waals surface area contributed by atoms with Gasteiger partial charge in [-0.3, -0.25) is 4.79 Å². The maximum absolute atomic E-state index is 11.5. The van der Waals surface area contributed by atoms with Gasteiger partial charge < -0.3 is 4.74 Å². The number of rotatable bonds is 14. The molecule has 1 unspecified atom stereocenters. The third-order valence-corrected chi connectivity index (χ3v) is 3.76. The number of nitrogens with zero attached hydrogens (tertiary/aromatic N) is 1. The molecular weight excluding hydrogens is 274 g/mol. The van der Waals surface area contributed by atoms with Crippen molar-refractivity contribution in [2.75, 3.05) is 12.4 Å². The van der Waals surface area contributed by atoms with Crippen LogP contribution < -0.4 is 0 Å². The van der Waals surface area contributed by atoms with Crippen LogP contribution in [0.15, 0.2) is 4.58 Å². The van der Waals surface area contributed by atoms with E-state index in [0.717, 1.165) is 18.4 Å². The fourth-order valence-electron chi connectivity index (χ4n) is 2.13. The highest BCUT2D eigenvalue weighted by Crippen LogP contribution is 2.15. The van der Waals surface area contributed by atoms with Crippen molar-refractivity contribution in [3.8, 4) is 0 Å². The predicted octanol–water partition coefficient (Wildman–Crippen LogP) is 5.11. The normalized spacial score (nSPS) is 12.1. The van der Waals surface area contributed by atoms with Crippen LogP contribution in [0.25, 0.3) is 0 Å². The summed E-state index contributed by atoms with van der Waals surface area (Å²) < 4.78 is 7.67. The Bertz CT molecular complexity index is 249. The highest BCUT2D eigenvalue weighted by molar-refractivity contribution is 7.97. The standard InChI is InChI=1S/C15H29NO3S/c1-3-4-5-6-7-8-9-10-14(2)13-15(17)19-11-12-20-16-18/h14H,3-13H2,1-2H3. The van der Waals surface area contributed by atoms with Crippen LogP contribution in [0.1, 0.15) is 71.6 Å². The second kappa shape index (κ2) is 14.8. The molecule has 0 N–H and O–H groups in total. The Morgan fingerprint density at radius 2 is 1.80 bits per heavy atom. The summed E-state index contributed by atoms with van der Waals surface area (Å²) in [5, 5.41) is 0. The lowest BCUT2D eigenvalue weighted by Crippen LogP contribution is -2.11. The minimum atomic E-state index is -0.160. The van der Waals surface area contributed by atoms with Gasteiger partial charge in [0.05, 0.1) is 5.75 Å². The highest BCUT2D eigenvalue weighted by Gasteiger charge is 2.10. The van der Waals surface area contributed by atoms with Crippen molar-refractivity contribution in [1.82, 2.24) is 0 Å². The van der Waals surface area contributed by atoms with Crippen molar-refractivity contribution in [1.29, 1.82) is 0 Å². The average molecular weight is 303 g/mol. The Labute approximate surface area is 127 Å². The van der Waals surface area contributed by atoms with Crippen LogP contribution in [0.5, 0.6) is 0 Å². The van der Waals surface area contributed by atoms with Crippen molar-refractivity contribution in [3.05, 3.63) is 4.91 Å². The van der Waals surface area contributed by atoms with E-state index in [-0.39, 0.29) is 12.6 Å². The number of hydrogen-bond donors (Lipinski definition) is 0. The molecule has 0 fully saturated rings. The van der Waals surface area contributed by atoms with Gasteiger partial charge in [0.2, 0.25) is 0 Å². The molecule has 118 valence electrons. The van der Waals surface area contributed by atoms with Gasteiger partial charge in [-0.1, -0.05) is 65.2 Å². The monoisotopic (exact) mass is 303 g/mol. The van der Waals surface area contributed by atoms with Crippen LogP contribution in [0.4, 0.5) is 0 Å². The molecule has 0 saturated heterocycles. The van der Waals surface area contributed by atoms with Crippen LogP contribution in [0.3, 0.4) is 0 Å². The van der Waals surface area contributed by atoms with Gasteiger partial charge in [0.15, 0.2) is 0 Å². The van der Waals surface area contributed by atoms with Gasteiger partial charge in [0.25, 0.3) is 0 Å². The van der Waals surface area contributed by atoms with E-state index in [1.807, 2.05) is 0 Å². The topological polar surface area (TPSA) is 55.7 Å². The number of ether oxygens (including phenoxy) is 1. The second-order valence-corrected chi connectivity index (χ2v) is 6.16. The Hall–Kier alpha value is -0.580. The lowest BCUT2D eigenvalue weighted by molar-refractivity contribution is -0.144. The lowest BCUT2D eigenvalue weighted by Gasteiger charge is -2.10. The summed E-state index contributed by atoms with van der Waals surface area (Å²) >= 11 is 0.886. The summed E-state index contributed by atoms with van der Waals surface area (Å²) in [6.45, 7) is 4.61. The van der Waals surface area contributed by atoms with Crippen LogP contribution >= 0.6 is 11.9 Å². The first-order chi connectivity index (χ1) is 9.70. The molecule has 5 heteroatoms. The Balaban J connectivity index is 3.36. The number of carbonyl (C=O) groups is 1. The number of unbranched alkanes of at least 4 members (excludes halogenated alkanes) is 6. The van der Waals surface area contributed by atoms with E-state index < -0.39 is 0 Å². The van der Waals surface area contributed by atoms with Gasteiger partial charge >= 0.3 is 5.97 Å². The van der Waals surface area contributed by atoms with E-state index >= 15 is 0 Å². The van der Waals surface area contributed by atoms with E-state index in [0.29, 0.717) is 18.1 Å². The van der Waals surface area contributed by atoms with Crippen molar-refractivity contribution >= 4 is 17.9 Å². The first kappa shape index (κ1) is 19.4. The van der Waals surface area contributed by atoms with E-state index in [2.05, 4.69) is 18.4 Å². The zero-order valence-electron chi connectivity index (χ0n) is 12.9. The number of carbonyl (C=O) groups excluding carboxylic acids is 1. The van der Waals surface area contributed by atoms with Crippen molar-refractivity contribution in [2.24, 2.45) is 10.5 Å². The summed E-state index contributed by atoms with van der Waals surface area (Å²) in [4.78, 5) is 21.3. The van der Waals surface area contributed by atoms with Crippen LogP contribution in [0, 0.1) is 10.8 Å². The van der Waals surface area contributed by atoms with Gasteiger partial charge in [0.1, 0.15) is 6.61 Å². The molecule has 4 nitrogen and oxygen atoms in total. The minimum absolute atomic E-state index is 0.160. The van der Waals surface area contributed by atoms with Crippen molar-refractivity contribution in [3.63, 3.8) is 0 Å². The molecule has 0 amide bonds. The van der Waals surface area contributed by atoms with Crippen LogP contribution in [0.2, 0.25) is 0 Å². The fourth-order valence-corrected chi connectivity index (χ4v) is 2.36. The molecule has 0 rings (SSSR count). The van der Waals surface area contributed by atoms with Crippen LogP contribution in [-0.4, -0.2) is 18.3 Å². The highest BCUT2D eigenvalue weighted by atomic mass is 32.2. The lowest BCUT2D eigenvalue weighted by atomic mass is 9.99. The van der Waals surface area contributed by atoms with Crippen molar-refractivity contribution < 1.29 is 9.53 Å². The largest absolute Gasteiger partial charge is 0.465 e. The molecule has 0 bridgehead atoms. The fraction of sp³-hybridized carbons (Fsp3) is 0.933. The van der Waals surface area contributed by atoms with E-state index in [9.17, 15) is 9.70 Å². The molecule has 1 atom stereocenters. The molecule has 0 aliphatic heterocycles. The molecule has 0 aliphatic rings. The summed E-state index contributed by atoms with van der Waals surface area (Å²) in [5.41, 5.74) is 0. The smallest absolute Gasteiger partial charge is 0.306 e. The van der Waals surface area contributed by atoms with Gasteiger partial charge in [0, 0.05) is 23.0 Å². The molecule has 0 heterocycles. The molecule has 0 saturated carbocycles. The first-order valence-electron chi connectivity index (χ1n) is 7.81. The van der Waals surface area contributed by atoms with Gasteiger partial charge in [-0.05, 0) is 5.92 Å². The van der Waals surface area contributed by atoms with Gasteiger partial charge in [-0.25, -0.2) is 0 Å². The third kappa shape index (κ3) is 13.8. The minimum Gasteiger partial charge on any atom is -0.465 e. The predicted molar refractivity (Wildman–Crippen MR) is 85.6 cm³/mol. The van der Waals surface area contributed by atoms with E-state index in [4.69, 9.17) is 4.74 Å². The molecule has 0 aliphatic carbocycles. The Morgan fingerprint density at radius 3 is 2.45 bits per heavy atom. The van der Waals surface area contributed by atoms with Gasteiger partial charge in [-0.15, -0.1) is 4.91 Å². The van der Waals surface area contributed by atoms with Crippen molar-refractivity contribution in [2.45, 2.75) is 71.6 Å². The zero-order valence-corrected chi connectivity index (χ0v) is 13.8. The molecule has 0 aromatic rings. The van der Waals surface area contributed by atoms with E-state index in [1.165, 1.54) is 44.9 Å². The number of esters is 1. The SMILES string of the molecule is CCCCCCCCCC(C)CC(=O)OCCSN=O. The van der Waals surface area contributed by atoms with Crippen LogP contribution in [-0.2, 0) is 9.53 Å². The Morgan fingerprint density at radius 1 is 1.15 bits per heavy atom.